The fourth-order valence-electron chi connectivity index (χ4n) is 2.07. The first-order valence-electron chi connectivity index (χ1n) is 6.72. The molecule has 7 nitrogen and oxygen atoms in total. The Morgan fingerprint density at radius 2 is 2.05 bits per heavy atom. The average molecular weight is 283 g/mol. The summed E-state index contributed by atoms with van der Waals surface area (Å²) in [4.78, 5) is 12.9. The van der Waals surface area contributed by atoms with E-state index in [1.54, 1.807) is 4.68 Å². The molecule has 0 saturated carbocycles. The first kappa shape index (κ1) is 16.5. The molecule has 0 saturated heterocycles. The molecule has 1 unspecified atom stereocenters. The van der Waals surface area contributed by atoms with Gasteiger partial charge in [-0.05, 0) is 27.7 Å². The van der Waals surface area contributed by atoms with E-state index in [2.05, 4.69) is 5.10 Å². The van der Waals surface area contributed by atoms with Gasteiger partial charge in [0.05, 0.1) is 36.3 Å². The van der Waals surface area contributed by atoms with E-state index in [9.17, 15) is 9.90 Å². The maximum absolute atomic E-state index is 11.0. The van der Waals surface area contributed by atoms with Gasteiger partial charge >= 0.3 is 0 Å². The molecule has 0 radical (unpaired) electrons. The topological polar surface area (TPSA) is 110 Å². The van der Waals surface area contributed by atoms with Crippen LogP contribution in [-0.2, 0) is 11.3 Å². The van der Waals surface area contributed by atoms with E-state index in [0.29, 0.717) is 18.8 Å². The number of amides is 1. The van der Waals surface area contributed by atoms with Gasteiger partial charge in [-0.15, -0.1) is 0 Å². The van der Waals surface area contributed by atoms with Crippen molar-refractivity contribution in [2.24, 2.45) is 5.73 Å². The molecule has 0 aliphatic rings. The first-order chi connectivity index (χ1) is 9.22. The maximum Gasteiger partial charge on any atom is 0.231 e. The summed E-state index contributed by atoms with van der Waals surface area (Å²) in [5.74, 6) is -0.402. The molecule has 1 rings (SSSR count). The van der Waals surface area contributed by atoms with Crippen molar-refractivity contribution in [2.45, 2.75) is 46.4 Å². The Morgan fingerprint density at radius 1 is 1.45 bits per heavy atom. The van der Waals surface area contributed by atoms with Crippen LogP contribution in [0.2, 0.25) is 0 Å². The van der Waals surface area contributed by atoms with Crippen LogP contribution in [0.4, 0.5) is 5.69 Å². The average Bonchev–Trinajstić information content (AvgIpc) is 2.55. The lowest BCUT2D eigenvalue weighted by atomic mass is 10.2. The number of primary amides is 1. The summed E-state index contributed by atoms with van der Waals surface area (Å²) in [5.41, 5.74) is 13.3. The zero-order valence-electron chi connectivity index (χ0n) is 12.6. The lowest BCUT2D eigenvalue weighted by Gasteiger charge is -2.27. The number of nitrogens with zero attached hydrogens (tertiary/aromatic N) is 3. The van der Waals surface area contributed by atoms with Crippen LogP contribution < -0.4 is 11.5 Å². The van der Waals surface area contributed by atoms with Crippen LogP contribution in [0.1, 0.15) is 25.2 Å². The van der Waals surface area contributed by atoms with E-state index in [1.165, 1.54) is 0 Å². The summed E-state index contributed by atoms with van der Waals surface area (Å²) in [6.07, 6.45) is -0.644. The van der Waals surface area contributed by atoms with Gasteiger partial charge in [-0.1, -0.05) is 0 Å². The predicted molar refractivity (Wildman–Crippen MR) is 78.0 cm³/mol. The number of hydrogen-bond acceptors (Lipinski definition) is 5. The molecule has 0 fully saturated rings. The summed E-state index contributed by atoms with van der Waals surface area (Å²) in [6, 6.07) is 0.127. The number of hydrogen-bond donors (Lipinski definition) is 3. The number of aliphatic hydroxyl groups is 1. The number of rotatable bonds is 7. The second kappa shape index (κ2) is 6.71. The van der Waals surface area contributed by atoms with E-state index in [0.717, 1.165) is 11.4 Å². The number of carbonyl (C=O) groups is 1. The molecule has 20 heavy (non-hydrogen) atoms. The highest BCUT2D eigenvalue weighted by molar-refractivity contribution is 5.75. The number of anilines is 1. The van der Waals surface area contributed by atoms with Gasteiger partial charge in [0, 0.05) is 12.6 Å². The monoisotopic (exact) mass is 283 g/mol. The summed E-state index contributed by atoms with van der Waals surface area (Å²) in [5, 5.41) is 14.4. The van der Waals surface area contributed by atoms with Gasteiger partial charge in [-0.25, -0.2) is 0 Å². The van der Waals surface area contributed by atoms with Crippen LogP contribution in [0.3, 0.4) is 0 Å². The number of carbonyl (C=O) groups excluding carboxylic acids is 1. The number of aryl methyl sites for hydroxylation is 1. The molecule has 0 aromatic carbocycles. The number of aromatic nitrogens is 2. The summed E-state index contributed by atoms with van der Waals surface area (Å²) < 4.78 is 1.69. The molecular weight excluding hydrogens is 258 g/mol. The minimum absolute atomic E-state index is 0.127. The van der Waals surface area contributed by atoms with E-state index < -0.39 is 12.0 Å². The molecule has 0 aliphatic heterocycles. The Morgan fingerprint density at radius 3 is 2.45 bits per heavy atom. The van der Waals surface area contributed by atoms with Crippen molar-refractivity contribution in [1.29, 1.82) is 0 Å². The molecule has 1 atom stereocenters. The molecule has 7 heteroatoms. The Bertz CT molecular complexity index is 470. The van der Waals surface area contributed by atoms with Gasteiger partial charge in [-0.2, -0.15) is 5.10 Å². The third-order valence-electron chi connectivity index (χ3n) is 3.36. The Balaban J connectivity index is 2.67. The van der Waals surface area contributed by atoms with Gasteiger partial charge in [0.15, 0.2) is 0 Å². The Labute approximate surface area is 119 Å². The van der Waals surface area contributed by atoms with Crippen LogP contribution in [0, 0.1) is 13.8 Å². The van der Waals surface area contributed by atoms with E-state index in [1.807, 2.05) is 32.6 Å². The van der Waals surface area contributed by atoms with E-state index in [-0.39, 0.29) is 12.6 Å². The molecule has 1 heterocycles. The maximum atomic E-state index is 11.0. The first-order valence-corrected chi connectivity index (χ1v) is 6.72. The van der Waals surface area contributed by atoms with E-state index >= 15 is 0 Å². The van der Waals surface area contributed by atoms with Crippen molar-refractivity contribution in [3.63, 3.8) is 0 Å². The van der Waals surface area contributed by atoms with Crippen molar-refractivity contribution >= 4 is 11.6 Å². The largest absolute Gasteiger partial charge is 0.396 e. The van der Waals surface area contributed by atoms with Crippen LogP contribution in [0.15, 0.2) is 0 Å². The third-order valence-corrected chi connectivity index (χ3v) is 3.36. The van der Waals surface area contributed by atoms with Gasteiger partial charge in [0.1, 0.15) is 0 Å². The molecule has 1 aromatic rings. The minimum atomic E-state index is -0.644. The van der Waals surface area contributed by atoms with Crippen LogP contribution >= 0.6 is 0 Å². The molecule has 0 spiro atoms. The summed E-state index contributed by atoms with van der Waals surface area (Å²) in [7, 11) is 0. The normalized spacial score (nSPS) is 13.2. The quantitative estimate of drug-likeness (QED) is 0.633. The highest BCUT2D eigenvalue weighted by Gasteiger charge is 2.18. The van der Waals surface area contributed by atoms with Crippen LogP contribution in [-0.4, -0.2) is 50.9 Å². The van der Waals surface area contributed by atoms with Crippen LogP contribution in [0.25, 0.3) is 0 Å². The summed E-state index contributed by atoms with van der Waals surface area (Å²) >= 11 is 0. The Kier molecular flexibility index (Phi) is 5.52. The van der Waals surface area contributed by atoms with Crippen molar-refractivity contribution in [2.75, 3.05) is 18.8 Å². The van der Waals surface area contributed by atoms with Gasteiger partial charge in [0.2, 0.25) is 5.91 Å². The molecular formula is C13H25N5O2. The second-order valence-corrected chi connectivity index (χ2v) is 5.41. The SMILES string of the molecule is Cc1nn(CC(O)CN(CC(N)=O)C(C)C)c(C)c1N. The van der Waals surface area contributed by atoms with Crippen molar-refractivity contribution in [3.05, 3.63) is 11.4 Å². The van der Waals surface area contributed by atoms with E-state index in [4.69, 9.17) is 11.5 Å². The minimum Gasteiger partial charge on any atom is -0.396 e. The fraction of sp³-hybridized carbons (Fsp3) is 0.692. The third kappa shape index (κ3) is 4.21. The van der Waals surface area contributed by atoms with Crippen molar-refractivity contribution < 1.29 is 9.90 Å². The standard InChI is InChI=1S/C13H25N5O2/c1-8(2)17(7-12(14)20)5-11(19)6-18-10(4)13(15)9(3)16-18/h8,11,19H,5-7,15H2,1-4H3,(H2,14,20). The molecule has 0 aliphatic carbocycles. The second-order valence-electron chi connectivity index (χ2n) is 5.41. The fourth-order valence-corrected chi connectivity index (χ4v) is 2.07. The van der Waals surface area contributed by atoms with Crippen molar-refractivity contribution in [3.8, 4) is 0 Å². The molecule has 114 valence electrons. The Hall–Kier alpha value is -1.60. The summed E-state index contributed by atoms with van der Waals surface area (Å²) in [6.45, 7) is 8.44. The molecule has 1 amide bonds. The predicted octanol–water partition coefficient (Wildman–Crippen LogP) is -0.361. The van der Waals surface area contributed by atoms with Gasteiger partial charge in [0.25, 0.3) is 0 Å². The number of aliphatic hydroxyl groups excluding tert-OH is 1. The number of nitrogen functional groups attached to an aromatic ring is 1. The smallest absolute Gasteiger partial charge is 0.231 e. The lowest BCUT2D eigenvalue weighted by Crippen LogP contribution is -2.43. The van der Waals surface area contributed by atoms with Gasteiger partial charge in [-0.3, -0.25) is 14.4 Å². The molecule has 5 N–H and O–H groups in total. The highest BCUT2D eigenvalue weighted by Crippen LogP contribution is 2.15. The zero-order chi connectivity index (χ0) is 15.4. The van der Waals surface area contributed by atoms with Crippen molar-refractivity contribution in [1.82, 2.24) is 14.7 Å². The van der Waals surface area contributed by atoms with Gasteiger partial charge < -0.3 is 16.6 Å². The molecule has 1 aromatic heterocycles. The number of nitrogens with two attached hydrogens (primary N) is 2. The van der Waals surface area contributed by atoms with Crippen LogP contribution in [0.5, 0.6) is 0 Å². The zero-order valence-corrected chi connectivity index (χ0v) is 12.6. The molecule has 0 bridgehead atoms. The lowest BCUT2D eigenvalue weighted by molar-refractivity contribution is -0.119. The highest BCUT2D eigenvalue weighted by atomic mass is 16.3.